The van der Waals surface area contributed by atoms with E-state index in [9.17, 15) is 13.6 Å². The molecular formula is C28H27F2IN4O. The van der Waals surface area contributed by atoms with Crippen LogP contribution in [0.3, 0.4) is 0 Å². The van der Waals surface area contributed by atoms with Crippen molar-refractivity contribution in [3.63, 3.8) is 0 Å². The molecule has 2 aliphatic heterocycles. The second kappa shape index (κ2) is 9.06. The monoisotopic (exact) mass is 600 g/mol. The fourth-order valence-electron chi connectivity index (χ4n) is 6.24. The van der Waals surface area contributed by atoms with Gasteiger partial charge in [0.1, 0.15) is 5.82 Å². The van der Waals surface area contributed by atoms with Crippen molar-refractivity contribution in [2.45, 2.75) is 31.1 Å². The molecule has 3 N–H and O–H groups in total. The third kappa shape index (κ3) is 3.98. The van der Waals surface area contributed by atoms with Crippen molar-refractivity contribution in [2.75, 3.05) is 31.9 Å². The summed E-state index contributed by atoms with van der Waals surface area (Å²) in [6, 6.07) is 14.6. The Bertz CT molecular complexity index is 1350. The number of anilines is 1. The van der Waals surface area contributed by atoms with Crippen molar-refractivity contribution in [3.05, 3.63) is 68.9 Å². The van der Waals surface area contributed by atoms with Gasteiger partial charge in [-0.1, -0.05) is 24.3 Å². The van der Waals surface area contributed by atoms with Crippen LogP contribution in [0.1, 0.15) is 34.3 Å². The van der Waals surface area contributed by atoms with Crippen molar-refractivity contribution >= 4 is 34.3 Å². The predicted molar refractivity (Wildman–Crippen MR) is 145 cm³/mol. The second-order valence-corrected chi connectivity index (χ2v) is 11.4. The summed E-state index contributed by atoms with van der Waals surface area (Å²) in [6.07, 6.45) is 2.45. The molecule has 1 amide bonds. The Labute approximate surface area is 222 Å². The lowest BCUT2D eigenvalue weighted by Crippen LogP contribution is -2.43. The molecule has 2 atom stereocenters. The van der Waals surface area contributed by atoms with Gasteiger partial charge < -0.3 is 11.1 Å². The molecule has 1 aliphatic carbocycles. The fourth-order valence-corrected chi connectivity index (χ4v) is 7.00. The van der Waals surface area contributed by atoms with E-state index in [1.54, 1.807) is 6.20 Å². The van der Waals surface area contributed by atoms with Crippen LogP contribution in [0.25, 0.3) is 22.3 Å². The number of benzene rings is 2. The number of nitrogens with zero attached hydrogens (tertiary/aromatic N) is 2. The first-order valence-electron chi connectivity index (χ1n) is 12.3. The number of nitrogens with two attached hydrogens (primary N) is 1. The molecule has 1 saturated heterocycles. The standard InChI is InChI=1S/C28H27F2IN4O/c29-25(30)14-35-13-20-5-7-28(20,15-35)19-3-1-16(2-4-19)18-10-23(26(32)34-12-18)22-9-17-6-8-33-27(36)21(17)11-24(22)31/h1-4,9-12,20,25H,5-8,13-15H2,(H2,32,34)(H,33,36)/t20-,28+/m1/s1. The average molecular weight is 600 g/mol. The first-order chi connectivity index (χ1) is 17.3. The van der Waals surface area contributed by atoms with E-state index < -0.39 is 6.43 Å². The van der Waals surface area contributed by atoms with Crippen LogP contribution in [0.5, 0.6) is 0 Å². The number of likely N-dealkylation sites (tertiary alicyclic amines) is 1. The van der Waals surface area contributed by atoms with E-state index in [1.807, 2.05) is 11.0 Å². The number of pyridine rings is 1. The average Bonchev–Trinajstić information content (AvgIpc) is 3.09. The maximum Gasteiger partial charge on any atom is 0.251 e. The minimum atomic E-state index is -2.29. The van der Waals surface area contributed by atoms with Crippen LogP contribution in [-0.4, -0.2) is 48.4 Å². The number of nitrogens with one attached hydrogen (secondary N) is 1. The molecular weight excluding hydrogens is 573 g/mol. The van der Waals surface area contributed by atoms with Gasteiger partial charge in [0, 0.05) is 51.5 Å². The van der Waals surface area contributed by atoms with Crippen molar-refractivity contribution in [2.24, 2.45) is 5.92 Å². The molecule has 0 radical (unpaired) electrons. The molecule has 186 valence electrons. The van der Waals surface area contributed by atoms with Gasteiger partial charge in [0.15, 0.2) is 0 Å². The molecule has 0 unspecified atom stereocenters. The van der Waals surface area contributed by atoms with E-state index in [4.69, 9.17) is 5.73 Å². The molecule has 2 aromatic carbocycles. The molecule has 36 heavy (non-hydrogen) atoms. The fraction of sp³-hybridized carbons (Fsp3) is 0.357. The van der Waals surface area contributed by atoms with Crippen LogP contribution in [0, 0.1) is 9.49 Å². The molecule has 3 aromatic rings. The van der Waals surface area contributed by atoms with E-state index in [2.05, 4.69) is 69.3 Å². The van der Waals surface area contributed by atoms with Crippen LogP contribution < -0.4 is 11.1 Å². The second-order valence-electron chi connectivity index (χ2n) is 10.2. The molecule has 1 aromatic heterocycles. The van der Waals surface area contributed by atoms with E-state index in [0.717, 1.165) is 62.8 Å². The van der Waals surface area contributed by atoms with Crippen LogP contribution >= 0.6 is 22.6 Å². The number of hydrogen-bond acceptors (Lipinski definition) is 4. The molecule has 8 heteroatoms. The lowest BCUT2D eigenvalue weighted by molar-refractivity contribution is 0.0944. The largest absolute Gasteiger partial charge is 0.383 e. The van der Waals surface area contributed by atoms with Crippen molar-refractivity contribution in [1.29, 1.82) is 0 Å². The molecule has 3 aliphatic rings. The van der Waals surface area contributed by atoms with Crippen molar-refractivity contribution < 1.29 is 13.6 Å². The van der Waals surface area contributed by atoms with Gasteiger partial charge >= 0.3 is 0 Å². The van der Waals surface area contributed by atoms with Gasteiger partial charge in [-0.05, 0) is 88.2 Å². The Morgan fingerprint density at radius 1 is 1.14 bits per heavy atom. The Morgan fingerprint density at radius 3 is 2.67 bits per heavy atom. The minimum absolute atomic E-state index is 0.00345. The third-order valence-electron chi connectivity index (χ3n) is 8.22. The first kappa shape index (κ1) is 23.8. The number of amides is 1. The van der Waals surface area contributed by atoms with Gasteiger partial charge in [0.05, 0.1) is 6.54 Å². The maximum atomic E-state index is 13.0. The summed E-state index contributed by atoms with van der Waals surface area (Å²) < 4.78 is 26.9. The van der Waals surface area contributed by atoms with E-state index in [1.165, 1.54) is 5.56 Å². The smallest absolute Gasteiger partial charge is 0.251 e. The highest BCUT2D eigenvalue weighted by Crippen LogP contribution is 2.53. The lowest BCUT2D eigenvalue weighted by Gasteiger charge is -2.45. The number of rotatable bonds is 5. The normalized spacial score (nSPS) is 23.2. The summed E-state index contributed by atoms with van der Waals surface area (Å²) in [5, 5.41) is 2.90. The number of halogens is 3. The van der Waals surface area contributed by atoms with Crippen LogP contribution in [0.2, 0.25) is 0 Å². The number of carbonyl (C=O) groups excluding carboxylic acids is 1. The molecule has 0 spiro atoms. The van der Waals surface area contributed by atoms with E-state index >= 15 is 0 Å². The Hall–Kier alpha value is -2.59. The molecule has 3 heterocycles. The SMILES string of the molecule is Nc1ncc(-c2ccc([C@@]34CC[C@@H]3CN(CC(F)F)C4)cc2)cc1-c1cc2c(cc1I)C(=O)NCC2. The van der Waals surface area contributed by atoms with Gasteiger partial charge in [-0.25, -0.2) is 13.8 Å². The van der Waals surface area contributed by atoms with Crippen molar-refractivity contribution in [1.82, 2.24) is 15.2 Å². The first-order valence-corrected chi connectivity index (χ1v) is 13.4. The van der Waals surface area contributed by atoms with Crippen LogP contribution in [0.15, 0.2) is 48.7 Å². The summed E-state index contributed by atoms with van der Waals surface area (Å²) in [7, 11) is 0. The highest BCUT2D eigenvalue weighted by molar-refractivity contribution is 14.1. The van der Waals surface area contributed by atoms with Gasteiger partial charge in [-0.2, -0.15) is 0 Å². The molecule has 0 bridgehead atoms. The maximum absolute atomic E-state index is 13.0. The number of alkyl halides is 2. The minimum Gasteiger partial charge on any atom is -0.383 e. The molecule has 6 rings (SSSR count). The van der Waals surface area contributed by atoms with Crippen LogP contribution in [0.4, 0.5) is 14.6 Å². The molecule has 1 saturated carbocycles. The number of aromatic nitrogens is 1. The summed E-state index contributed by atoms with van der Waals surface area (Å²) in [5.41, 5.74) is 13.1. The predicted octanol–water partition coefficient (Wildman–Crippen LogP) is 5.12. The number of nitrogen functional groups attached to an aromatic ring is 1. The van der Waals surface area contributed by atoms with Crippen molar-refractivity contribution in [3.8, 4) is 22.3 Å². The summed E-state index contributed by atoms with van der Waals surface area (Å²) >= 11 is 2.25. The topological polar surface area (TPSA) is 71.2 Å². The van der Waals surface area contributed by atoms with Crippen LogP contribution in [-0.2, 0) is 11.8 Å². The molecule has 5 nitrogen and oxygen atoms in total. The summed E-state index contributed by atoms with van der Waals surface area (Å²) in [5.74, 6) is 0.878. The Morgan fingerprint density at radius 2 is 1.94 bits per heavy atom. The highest BCUT2D eigenvalue weighted by Gasteiger charge is 2.53. The van der Waals surface area contributed by atoms with Gasteiger partial charge in [0.25, 0.3) is 12.3 Å². The van der Waals surface area contributed by atoms with Gasteiger partial charge in [0.2, 0.25) is 0 Å². The van der Waals surface area contributed by atoms with Gasteiger partial charge in [-0.15, -0.1) is 0 Å². The van der Waals surface area contributed by atoms with Gasteiger partial charge in [-0.3, -0.25) is 9.69 Å². The Kier molecular flexibility index (Phi) is 5.99. The summed E-state index contributed by atoms with van der Waals surface area (Å²) in [4.78, 5) is 18.7. The molecule has 2 fully saturated rings. The summed E-state index contributed by atoms with van der Waals surface area (Å²) in [6.45, 7) is 1.97. The zero-order valence-electron chi connectivity index (χ0n) is 19.7. The number of fused-ring (bicyclic) bond motifs is 2. The quantitative estimate of drug-likeness (QED) is 0.400. The number of carbonyl (C=O) groups is 1. The highest BCUT2D eigenvalue weighted by atomic mass is 127. The zero-order valence-corrected chi connectivity index (χ0v) is 21.9. The third-order valence-corrected chi connectivity index (χ3v) is 9.11. The van der Waals surface area contributed by atoms with E-state index in [-0.39, 0.29) is 17.9 Å². The lowest BCUT2D eigenvalue weighted by atomic mass is 9.58. The number of hydrogen-bond donors (Lipinski definition) is 2. The van der Waals surface area contributed by atoms with E-state index in [0.29, 0.717) is 24.8 Å². The zero-order chi connectivity index (χ0) is 25.0. The Balaban J connectivity index is 1.30.